The number of rotatable bonds is 14. The van der Waals surface area contributed by atoms with Crippen LogP contribution in [0.5, 0.6) is 0 Å². The van der Waals surface area contributed by atoms with Crippen LogP contribution in [0.25, 0.3) is 0 Å². The average molecular weight is 559 g/mol. The molecule has 0 N–H and O–H groups in total. The highest BCUT2D eigenvalue weighted by atomic mass is 28.5. The van der Waals surface area contributed by atoms with Crippen molar-refractivity contribution in [3.8, 4) is 0 Å². The van der Waals surface area contributed by atoms with Gasteiger partial charge in [-0.1, -0.05) is 0 Å². The third kappa shape index (κ3) is 21.6. The van der Waals surface area contributed by atoms with Crippen LogP contribution in [0.4, 0.5) is 0 Å². The van der Waals surface area contributed by atoms with Crippen LogP contribution in [-0.4, -0.2) is 77.0 Å². The van der Waals surface area contributed by atoms with Gasteiger partial charge >= 0.3 is 17.1 Å². The summed E-state index contributed by atoms with van der Waals surface area (Å²) in [6.45, 7) is 33.4. The Labute approximate surface area is 206 Å². The van der Waals surface area contributed by atoms with Gasteiger partial charge in [-0.15, -0.1) is 0 Å². The van der Waals surface area contributed by atoms with Crippen LogP contribution in [0, 0.1) is 0 Å². The molecule has 1 fully saturated rings. The summed E-state index contributed by atoms with van der Waals surface area (Å²) in [5, 5.41) is 0. The van der Waals surface area contributed by atoms with Crippen LogP contribution in [0.15, 0.2) is 0 Å². The third-order valence-electron chi connectivity index (χ3n) is 3.92. The molecule has 32 heavy (non-hydrogen) atoms. The van der Waals surface area contributed by atoms with Crippen molar-refractivity contribution >= 4 is 51.1 Å². The van der Waals surface area contributed by atoms with Crippen LogP contribution in [-0.2, 0) is 25.9 Å². The lowest BCUT2D eigenvalue weighted by molar-refractivity contribution is 0.116. The summed E-state index contributed by atoms with van der Waals surface area (Å²) in [5.41, 5.74) is 0. The Morgan fingerprint density at radius 2 is 1.22 bits per heavy atom. The number of hydrogen-bond acceptors (Lipinski definition) is 6. The first-order chi connectivity index (χ1) is 14.1. The fourth-order valence-corrected chi connectivity index (χ4v) is 28.0. The number of ether oxygens (including phenoxy) is 2. The van der Waals surface area contributed by atoms with E-state index in [-0.39, 0.29) is 0 Å². The van der Waals surface area contributed by atoms with Gasteiger partial charge in [-0.2, -0.15) is 0 Å². The predicted molar refractivity (Wildman–Crippen MR) is 152 cm³/mol. The van der Waals surface area contributed by atoms with E-state index in [1.54, 1.807) is 0 Å². The quantitative estimate of drug-likeness (QED) is 0.146. The molecule has 0 bridgehead atoms. The molecule has 1 aliphatic rings. The van der Waals surface area contributed by atoms with Crippen molar-refractivity contribution in [3.63, 3.8) is 0 Å². The van der Waals surface area contributed by atoms with Crippen molar-refractivity contribution in [2.75, 3.05) is 19.8 Å². The molecule has 0 aromatic rings. The van der Waals surface area contributed by atoms with Gasteiger partial charge in [-0.25, -0.2) is 0 Å². The largest absolute Gasteiger partial charge is 0.440 e. The highest BCUT2D eigenvalue weighted by Crippen LogP contribution is 2.23. The Balaban J connectivity index is 0.000000687. The molecule has 0 aromatic heterocycles. The minimum Gasteiger partial charge on any atom is -0.440 e. The zero-order chi connectivity index (χ0) is 25.4. The Kier molecular flexibility index (Phi) is 13.8. The van der Waals surface area contributed by atoms with Crippen LogP contribution >= 0.6 is 0 Å². The number of epoxide rings is 1. The van der Waals surface area contributed by atoms with Gasteiger partial charge in [0.05, 0.1) is 13.2 Å². The molecule has 0 aliphatic carbocycles. The van der Waals surface area contributed by atoms with Gasteiger partial charge < -0.3 is 25.9 Å². The highest BCUT2D eigenvalue weighted by molar-refractivity contribution is 6.87. The van der Waals surface area contributed by atoms with Gasteiger partial charge in [0.2, 0.25) is 0 Å². The molecule has 0 amide bonds. The summed E-state index contributed by atoms with van der Waals surface area (Å²) < 4.78 is 35.4. The summed E-state index contributed by atoms with van der Waals surface area (Å²) in [4.78, 5) is 0. The molecule has 1 heterocycles. The minimum atomic E-state index is -1.99. The van der Waals surface area contributed by atoms with Crippen LogP contribution in [0.2, 0.25) is 97.7 Å². The van der Waals surface area contributed by atoms with Crippen molar-refractivity contribution in [2.24, 2.45) is 0 Å². The maximum absolute atomic E-state index is 6.45. The Morgan fingerprint density at radius 1 is 0.750 bits per heavy atom. The molecule has 6 nitrogen and oxygen atoms in total. The van der Waals surface area contributed by atoms with E-state index in [1.807, 2.05) is 0 Å². The minimum absolute atomic E-state index is 0.369. The third-order valence-corrected chi connectivity index (χ3v) is 22.6. The standard InChI is InChI=1S/C13H32O4Si3.C7H22O2Si3/c1-18(2,3)16-20(6,7)17-19(4,5)10-8-9-14-11-13-12-15-13;1-10(2)8-12(6,7)9-11(3,4)5/h13H,8-12H2,1-7H3;10H,1-7H3. The van der Waals surface area contributed by atoms with Crippen molar-refractivity contribution in [3.05, 3.63) is 0 Å². The summed E-state index contributed by atoms with van der Waals surface area (Å²) in [5.74, 6) is 0. The molecule has 1 unspecified atom stereocenters. The van der Waals surface area contributed by atoms with Gasteiger partial charge in [-0.3, -0.25) is 0 Å². The topological polar surface area (TPSA) is 58.7 Å². The first kappa shape index (κ1) is 33.1. The van der Waals surface area contributed by atoms with Crippen LogP contribution < -0.4 is 0 Å². The monoisotopic (exact) mass is 558 g/mol. The van der Waals surface area contributed by atoms with E-state index in [4.69, 9.17) is 25.9 Å². The van der Waals surface area contributed by atoms with Crippen molar-refractivity contribution in [1.82, 2.24) is 0 Å². The Hall–Kier alpha value is 1.06. The molecule has 1 saturated heterocycles. The molecule has 0 aromatic carbocycles. The Morgan fingerprint density at radius 3 is 1.62 bits per heavy atom. The zero-order valence-corrected chi connectivity index (χ0v) is 29.8. The second-order valence-corrected chi connectivity index (χ2v) is 35.9. The molecule has 0 spiro atoms. The average Bonchev–Trinajstić information content (AvgIpc) is 3.22. The van der Waals surface area contributed by atoms with E-state index < -0.39 is 51.1 Å². The van der Waals surface area contributed by atoms with Crippen molar-refractivity contribution in [2.45, 2.75) is 110 Å². The molecular formula is C20H54O6Si6. The molecule has 1 aliphatic heterocycles. The Bertz CT molecular complexity index is 528. The maximum atomic E-state index is 6.45. The molecule has 12 heteroatoms. The van der Waals surface area contributed by atoms with Crippen molar-refractivity contribution < 1.29 is 25.9 Å². The van der Waals surface area contributed by atoms with Gasteiger partial charge in [0.1, 0.15) is 6.10 Å². The molecule has 194 valence electrons. The van der Waals surface area contributed by atoms with E-state index in [0.29, 0.717) is 6.10 Å². The van der Waals surface area contributed by atoms with Crippen LogP contribution in [0.3, 0.4) is 0 Å². The summed E-state index contributed by atoms with van der Waals surface area (Å²) in [6.07, 6.45) is 1.44. The summed E-state index contributed by atoms with van der Waals surface area (Å²) >= 11 is 0. The van der Waals surface area contributed by atoms with Gasteiger partial charge in [0.25, 0.3) is 0 Å². The fraction of sp³-hybridized carbons (Fsp3) is 1.00. The van der Waals surface area contributed by atoms with Gasteiger partial charge in [-0.05, 0) is 104 Å². The maximum Gasteiger partial charge on any atom is 0.311 e. The zero-order valence-electron chi connectivity index (χ0n) is 23.6. The van der Waals surface area contributed by atoms with E-state index in [0.717, 1.165) is 32.3 Å². The molecule has 0 saturated carbocycles. The first-order valence-corrected chi connectivity index (χ1v) is 30.4. The lowest BCUT2D eigenvalue weighted by Crippen LogP contribution is -2.51. The molecule has 0 radical (unpaired) electrons. The van der Waals surface area contributed by atoms with Gasteiger partial charge in [0, 0.05) is 6.61 Å². The fourth-order valence-electron chi connectivity index (χ4n) is 3.78. The lowest BCUT2D eigenvalue weighted by Gasteiger charge is -2.37. The predicted octanol–water partition coefficient (Wildman–Crippen LogP) is 6.11. The smallest absolute Gasteiger partial charge is 0.311 e. The van der Waals surface area contributed by atoms with Crippen LogP contribution in [0.1, 0.15) is 6.42 Å². The second-order valence-electron chi connectivity index (χ2n) is 12.4. The first-order valence-electron chi connectivity index (χ1n) is 12.1. The van der Waals surface area contributed by atoms with Gasteiger partial charge in [0.15, 0.2) is 34.0 Å². The van der Waals surface area contributed by atoms with E-state index >= 15 is 0 Å². The normalized spacial score (nSPS) is 17.9. The lowest BCUT2D eigenvalue weighted by atomic mass is 10.5. The summed E-state index contributed by atoms with van der Waals surface area (Å²) in [7, 11) is -9.27. The van der Waals surface area contributed by atoms with Crippen molar-refractivity contribution in [1.29, 1.82) is 0 Å². The SMILES string of the molecule is C[SiH](C)O[Si](C)(C)O[Si](C)(C)C.C[Si](C)(C)O[Si](C)(C)O[Si](C)(C)CCCOCC1CO1. The summed E-state index contributed by atoms with van der Waals surface area (Å²) in [6, 6.07) is 1.13. The molecule has 1 rings (SSSR count). The molecular weight excluding hydrogens is 505 g/mol. The second kappa shape index (κ2) is 13.4. The van der Waals surface area contributed by atoms with E-state index in [1.165, 1.54) is 0 Å². The molecule has 1 atom stereocenters. The highest BCUT2D eigenvalue weighted by Gasteiger charge is 2.37. The van der Waals surface area contributed by atoms with E-state index in [2.05, 4.69) is 91.7 Å². The van der Waals surface area contributed by atoms with E-state index in [9.17, 15) is 0 Å². The number of hydrogen-bond donors (Lipinski definition) is 0.